The minimum absolute atomic E-state index is 0.0840. The molecule has 0 aromatic heterocycles. The highest BCUT2D eigenvalue weighted by Gasteiger charge is 2.19. The summed E-state index contributed by atoms with van der Waals surface area (Å²) in [6, 6.07) is 10.8. The maximum atomic E-state index is 12.5. The minimum atomic E-state index is -0.690. The molecule has 35 heavy (non-hydrogen) atoms. The van der Waals surface area contributed by atoms with Crippen molar-refractivity contribution in [2.24, 2.45) is 0 Å². The second kappa shape index (κ2) is 12.5. The highest BCUT2D eigenvalue weighted by atomic mass is 16.5. The molecule has 0 saturated carbocycles. The number of carbonyl (C=O) groups is 4. The van der Waals surface area contributed by atoms with E-state index in [1.807, 2.05) is 0 Å². The third-order valence-electron chi connectivity index (χ3n) is 5.40. The van der Waals surface area contributed by atoms with Gasteiger partial charge in [0.15, 0.2) is 30.5 Å². The number of piperidine rings is 1. The Morgan fingerprint density at radius 3 is 2.20 bits per heavy atom. The van der Waals surface area contributed by atoms with Gasteiger partial charge in [-0.2, -0.15) is 0 Å². The van der Waals surface area contributed by atoms with Crippen molar-refractivity contribution in [3.63, 3.8) is 0 Å². The number of anilines is 1. The molecule has 1 aliphatic rings. The number of ether oxygens (including phenoxy) is 3. The van der Waals surface area contributed by atoms with Gasteiger partial charge in [-0.05, 0) is 68.7 Å². The molecule has 186 valence electrons. The predicted molar refractivity (Wildman–Crippen MR) is 129 cm³/mol. The average Bonchev–Trinajstić information content (AvgIpc) is 2.87. The van der Waals surface area contributed by atoms with Crippen LogP contribution in [0.15, 0.2) is 42.5 Å². The van der Waals surface area contributed by atoms with Crippen molar-refractivity contribution in [1.29, 1.82) is 0 Å². The molecule has 3 rings (SSSR count). The van der Waals surface area contributed by atoms with Gasteiger partial charge in [-0.25, -0.2) is 4.79 Å². The summed E-state index contributed by atoms with van der Waals surface area (Å²) in [5.41, 5.74) is 1.11. The SMILES string of the molecule is CCOc1cc(C(=O)OCC(=O)c2ccc(NC(C)=O)cc2)ccc1OCC(=O)N1CCCCC1. The number of rotatable bonds is 10. The van der Waals surface area contributed by atoms with Crippen LogP contribution in [0.5, 0.6) is 11.5 Å². The van der Waals surface area contributed by atoms with E-state index >= 15 is 0 Å². The van der Waals surface area contributed by atoms with E-state index in [0.29, 0.717) is 29.4 Å². The Bertz CT molecular complexity index is 1060. The molecule has 0 aliphatic carbocycles. The number of likely N-dealkylation sites (tertiary alicyclic amines) is 1. The molecule has 9 nitrogen and oxygen atoms in total. The summed E-state index contributed by atoms with van der Waals surface area (Å²) in [5, 5.41) is 2.62. The summed E-state index contributed by atoms with van der Waals surface area (Å²) in [6.07, 6.45) is 3.13. The van der Waals surface area contributed by atoms with Crippen LogP contribution in [0.2, 0.25) is 0 Å². The van der Waals surface area contributed by atoms with Gasteiger partial charge < -0.3 is 24.4 Å². The highest BCUT2D eigenvalue weighted by Crippen LogP contribution is 2.29. The Balaban J connectivity index is 1.57. The van der Waals surface area contributed by atoms with E-state index in [4.69, 9.17) is 14.2 Å². The first-order valence-corrected chi connectivity index (χ1v) is 11.6. The minimum Gasteiger partial charge on any atom is -0.490 e. The monoisotopic (exact) mass is 482 g/mol. The van der Waals surface area contributed by atoms with Gasteiger partial charge in [0.25, 0.3) is 5.91 Å². The van der Waals surface area contributed by atoms with Crippen molar-refractivity contribution in [3.8, 4) is 11.5 Å². The Labute approximate surface area is 204 Å². The lowest BCUT2D eigenvalue weighted by molar-refractivity contribution is -0.134. The fraction of sp³-hybridized carbons (Fsp3) is 0.385. The van der Waals surface area contributed by atoms with Crippen molar-refractivity contribution < 1.29 is 33.4 Å². The first-order valence-electron chi connectivity index (χ1n) is 11.6. The van der Waals surface area contributed by atoms with Gasteiger partial charge in [0.1, 0.15) is 0 Å². The number of amides is 2. The third-order valence-corrected chi connectivity index (χ3v) is 5.40. The van der Waals surface area contributed by atoms with Crippen molar-refractivity contribution in [1.82, 2.24) is 4.90 Å². The fourth-order valence-electron chi connectivity index (χ4n) is 3.64. The predicted octanol–water partition coefficient (Wildman–Crippen LogP) is 3.47. The standard InChI is InChI=1S/C26H30N2O7/c1-3-33-24-15-20(9-12-23(24)34-17-25(31)28-13-5-4-6-14-28)26(32)35-16-22(30)19-7-10-21(11-8-19)27-18(2)29/h7-12,15H,3-6,13-14,16-17H2,1-2H3,(H,27,29). The molecule has 0 spiro atoms. The first-order chi connectivity index (χ1) is 16.9. The fourth-order valence-corrected chi connectivity index (χ4v) is 3.64. The van der Waals surface area contributed by atoms with Crippen molar-refractivity contribution in [2.45, 2.75) is 33.1 Å². The largest absolute Gasteiger partial charge is 0.490 e. The van der Waals surface area contributed by atoms with Gasteiger partial charge in [0.05, 0.1) is 12.2 Å². The summed E-state index contributed by atoms with van der Waals surface area (Å²) >= 11 is 0. The molecule has 2 aromatic carbocycles. The molecule has 1 saturated heterocycles. The topological polar surface area (TPSA) is 111 Å². The average molecular weight is 483 g/mol. The molecular weight excluding hydrogens is 452 g/mol. The zero-order valence-electron chi connectivity index (χ0n) is 20.0. The van der Waals surface area contributed by atoms with E-state index in [9.17, 15) is 19.2 Å². The maximum Gasteiger partial charge on any atom is 0.338 e. The number of nitrogens with zero attached hydrogens (tertiary/aromatic N) is 1. The Kier molecular flexibility index (Phi) is 9.23. The molecule has 0 bridgehead atoms. The lowest BCUT2D eigenvalue weighted by atomic mass is 10.1. The van der Waals surface area contributed by atoms with Gasteiger partial charge in [-0.3, -0.25) is 14.4 Å². The zero-order valence-corrected chi connectivity index (χ0v) is 20.0. The van der Waals surface area contributed by atoms with E-state index in [1.165, 1.54) is 19.1 Å². The van der Waals surface area contributed by atoms with Gasteiger partial charge >= 0.3 is 5.97 Å². The highest BCUT2D eigenvalue weighted by molar-refractivity contribution is 6.00. The van der Waals surface area contributed by atoms with Gasteiger partial charge in [-0.1, -0.05) is 0 Å². The van der Waals surface area contributed by atoms with Crippen LogP contribution in [0.3, 0.4) is 0 Å². The van der Waals surface area contributed by atoms with Crippen LogP contribution in [0.4, 0.5) is 5.69 Å². The van der Waals surface area contributed by atoms with Crippen LogP contribution in [0.1, 0.15) is 53.8 Å². The maximum absolute atomic E-state index is 12.5. The number of benzene rings is 2. The smallest absolute Gasteiger partial charge is 0.338 e. The summed E-state index contributed by atoms with van der Waals surface area (Å²) in [6.45, 7) is 4.45. The van der Waals surface area contributed by atoms with Crippen LogP contribution in [-0.4, -0.2) is 61.4 Å². The quantitative estimate of drug-likeness (QED) is 0.408. The van der Waals surface area contributed by atoms with Gasteiger partial charge in [-0.15, -0.1) is 0 Å². The van der Waals surface area contributed by atoms with Crippen LogP contribution in [-0.2, 0) is 14.3 Å². The summed E-state index contributed by atoms with van der Waals surface area (Å²) in [7, 11) is 0. The summed E-state index contributed by atoms with van der Waals surface area (Å²) in [4.78, 5) is 50.2. The van der Waals surface area contributed by atoms with Crippen LogP contribution in [0, 0.1) is 0 Å². The number of hydrogen-bond acceptors (Lipinski definition) is 7. The van der Waals surface area contributed by atoms with E-state index in [2.05, 4.69) is 5.32 Å². The zero-order chi connectivity index (χ0) is 25.2. The molecule has 1 heterocycles. The molecule has 1 fully saturated rings. The number of nitrogens with one attached hydrogen (secondary N) is 1. The van der Waals surface area contributed by atoms with Gasteiger partial charge in [0.2, 0.25) is 5.91 Å². The molecular formula is C26H30N2O7. The molecule has 0 unspecified atom stereocenters. The molecule has 2 amide bonds. The second-order valence-electron chi connectivity index (χ2n) is 8.08. The lowest BCUT2D eigenvalue weighted by Gasteiger charge is -2.26. The Morgan fingerprint density at radius 1 is 0.857 bits per heavy atom. The molecule has 0 atom stereocenters. The van der Waals surface area contributed by atoms with Crippen LogP contribution < -0.4 is 14.8 Å². The van der Waals surface area contributed by atoms with E-state index in [-0.39, 0.29) is 29.8 Å². The lowest BCUT2D eigenvalue weighted by Crippen LogP contribution is -2.38. The van der Waals surface area contributed by atoms with Crippen molar-refractivity contribution >= 4 is 29.3 Å². The third kappa shape index (κ3) is 7.56. The first kappa shape index (κ1) is 25.7. The molecule has 2 aromatic rings. The van der Waals surface area contributed by atoms with E-state index in [1.54, 1.807) is 42.2 Å². The number of Topliss-reactive ketones (excluding diaryl/α,β-unsaturated/α-hetero) is 1. The number of ketones is 1. The Morgan fingerprint density at radius 2 is 1.54 bits per heavy atom. The molecule has 1 aliphatic heterocycles. The molecule has 0 radical (unpaired) electrons. The van der Waals surface area contributed by atoms with E-state index < -0.39 is 12.6 Å². The normalized spacial score (nSPS) is 13.0. The Hall–Kier alpha value is -3.88. The van der Waals surface area contributed by atoms with Crippen LogP contribution >= 0.6 is 0 Å². The van der Waals surface area contributed by atoms with Crippen molar-refractivity contribution in [2.75, 3.05) is 38.2 Å². The summed E-state index contributed by atoms with van der Waals surface area (Å²) in [5.74, 6) is -0.704. The van der Waals surface area contributed by atoms with Gasteiger partial charge in [0, 0.05) is 31.3 Å². The van der Waals surface area contributed by atoms with Crippen molar-refractivity contribution in [3.05, 3.63) is 53.6 Å². The number of carbonyl (C=O) groups excluding carboxylic acids is 4. The number of hydrogen-bond donors (Lipinski definition) is 1. The van der Waals surface area contributed by atoms with Crippen LogP contribution in [0.25, 0.3) is 0 Å². The summed E-state index contributed by atoms with van der Waals surface area (Å²) < 4.78 is 16.4. The van der Waals surface area contributed by atoms with E-state index in [0.717, 1.165) is 32.4 Å². The number of esters is 1. The second-order valence-corrected chi connectivity index (χ2v) is 8.08. The molecule has 9 heteroatoms. The molecule has 1 N–H and O–H groups in total.